The number of rotatable bonds is 2. The topological polar surface area (TPSA) is 48.4 Å². The molecule has 0 atom stereocenters. The van der Waals surface area contributed by atoms with Gasteiger partial charge in [0.25, 0.3) is 0 Å². The number of benzene rings is 2. The first-order valence-electron chi connectivity index (χ1n) is 7.08. The van der Waals surface area contributed by atoms with E-state index in [-0.39, 0.29) is 5.88 Å². The lowest BCUT2D eigenvalue weighted by Crippen LogP contribution is -1.85. The number of fused-ring (bicyclic) bond motifs is 1. The molecule has 0 aliphatic carbocycles. The van der Waals surface area contributed by atoms with Gasteiger partial charge in [0.05, 0.1) is 11.3 Å². The highest BCUT2D eigenvalue weighted by molar-refractivity contribution is 9.10. The summed E-state index contributed by atoms with van der Waals surface area (Å²) < 4.78 is 0.969. The zero-order chi connectivity index (χ0) is 15.9. The van der Waals surface area contributed by atoms with Crippen LogP contribution in [-0.2, 0) is 0 Å². The molecule has 0 saturated heterocycles. The van der Waals surface area contributed by atoms with Crippen molar-refractivity contribution < 1.29 is 5.11 Å². The molecule has 0 spiro atoms. The van der Waals surface area contributed by atoms with Gasteiger partial charge in [-0.1, -0.05) is 33.6 Å². The minimum absolute atomic E-state index is 0.138. The molecule has 3 aromatic rings. The van der Waals surface area contributed by atoms with Crippen LogP contribution in [0.1, 0.15) is 22.3 Å². The molecule has 0 bridgehead atoms. The Kier molecular flexibility index (Phi) is 3.79. The second kappa shape index (κ2) is 5.61. The van der Waals surface area contributed by atoms with E-state index in [4.69, 9.17) is 0 Å². The Balaban J connectivity index is 2.10. The number of hydrogen-bond acceptors (Lipinski definition) is 2. The van der Waals surface area contributed by atoms with Gasteiger partial charge in [-0.3, -0.25) is 4.99 Å². The third-order valence-electron chi connectivity index (χ3n) is 3.74. The third-order valence-corrected chi connectivity index (χ3v) is 4.23. The standard InChI is InChI=1S/C18H17BrN2O/c1-10-6-11(2)17(12(3)7-10)20-9-15-14-8-13(19)4-5-16(14)21-18(15)22/h4-9,21-22H,1-3H3. The number of H-pyrrole nitrogens is 1. The molecule has 22 heavy (non-hydrogen) atoms. The molecule has 0 radical (unpaired) electrons. The number of aromatic nitrogens is 1. The van der Waals surface area contributed by atoms with E-state index in [9.17, 15) is 5.11 Å². The molecule has 0 unspecified atom stereocenters. The molecular weight excluding hydrogens is 340 g/mol. The molecule has 1 heterocycles. The molecule has 2 aromatic carbocycles. The molecule has 2 N–H and O–H groups in total. The predicted octanol–water partition coefficient (Wildman–Crippen LogP) is 5.31. The summed E-state index contributed by atoms with van der Waals surface area (Å²) in [5.41, 5.74) is 6.04. The molecule has 1 aromatic heterocycles. The van der Waals surface area contributed by atoms with Crippen molar-refractivity contribution in [2.24, 2.45) is 4.99 Å². The van der Waals surface area contributed by atoms with E-state index >= 15 is 0 Å². The number of hydrogen-bond donors (Lipinski definition) is 2. The fraction of sp³-hybridized carbons (Fsp3) is 0.167. The summed E-state index contributed by atoms with van der Waals surface area (Å²) in [5, 5.41) is 11.1. The first-order chi connectivity index (χ1) is 10.5. The van der Waals surface area contributed by atoms with Crippen LogP contribution in [0.15, 0.2) is 39.8 Å². The maximum Gasteiger partial charge on any atom is 0.198 e. The lowest BCUT2D eigenvalue weighted by atomic mass is 10.1. The van der Waals surface area contributed by atoms with E-state index in [2.05, 4.69) is 58.8 Å². The fourth-order valence-corrected chi connectivity index (χ4v) is 3.17. The number of nitrogens with one attached hydrogen (secondary N) is 1. The molecule has 4 heteroatoms. The van der Waals surface area contributed by atoms with Gasteiger partial charge in [-0.05, 0) is 50.1 Å². The lowest BCUT2D eigenvalue weighted by Gasteiger charge is -2.06. The van der Waals surface area contributed by atoms with Crippen molar-refractivity contribution in [2.75, 3.05) is 0 Å². The highest BCUT2D eigenvalue weighted by atomic mass is 79.9. The van der Waals surface area contributed by atoms with Crippen LogP contribution in [0.5, 0.6) is 5.88 Å². The van der Waals surface area contributed by atoms with Gasteiger partial charge in [0.15, 0.2) is 5.88 Å². The quantitative estimate of drug-likeness (QED) is 0.600. The van der Waals surface area contributed by atoms with Gasteiger partial charge in [-0.25, -0.2) is 0 Å². The van der Waals surface area contributed by atoms with Crippen molar-refractivity contribution in [3.05, 3.63) is 57.1 Å². The normalized spacial score (nSPS) is 11.6. The third kappa shape index (κ3) is 2.66. The van der Waals surface area contributed by atoms with E-state index in [1.165, 1.54) is 5.56 Å². The Morgan fingerprint density at radius 3 is 2.45 bits per heavy atom. The van der Waals surface area contributed by atoms with Crippen molar-refractivity contribution in [2.45, 2.75) is 20.8 Å². The van der Waals surface area contributed by atoms with Crippen LogP contribution in [0.3, 0.4) is 0 Å². The molecule has 0 fully saturated rings. The second-order valence-electron chi connectivity index (χ2n) is 5.58. The van der Waals surface area contributed by atoms with Crippen molar-refractivity contribution in [1.82, 2.24) is 4.98 Å². The summed E-state index contributed by atoms with van der Waals surface area (Å²) in [4.78, 5) is 7.58. The number of aromatic hydroxyl groups is 1. The SMILES string of the molecule is Cc1cc(C)c(N=Cc2c(O)[nH]c3ccc(Br)cc23)c(C)c1. The molecule has 0 aliphatic heterocycles. The molecular formula is C18H17BrN2O. The van der Waals surface area contributed by atoms with E-state index < -0.39 is 0 Å². The minimum atomic E-state index is 0.138. The Morgan fingerprint density at radius 1 is 1.09 bits per heavy atom. The highest BCUT2D eigenvalue weighted by Gasteiger charge is 2.10. The van der Waals surface area contributed by atoms with Gasteiger partial charge in [-0.2, -0.15) is 0 Å². The molecule has 0 aliphatic rings. The summed E-state index contributed by atoms with van der Waals surface area (Å²) in [5.74, 6) is 0.138. The summed E-state index contributed by atoms with van der Waals surface area (Å²) in [6, 6.07) is 10.1. The summed E-state index contributed by atoms with van der Waals surface area (Å²) in [6.07, 6.45) is 1.73. The van der Waals surface area contributed by atoms with E-state index in [1.807, 2.05) is 18.2 Å². The lowest BCUT2D eigenvalue weighted by molar-refractivity contribution is 0.457. The monoisotopic (exact) mass is 356 g/mol. The Morgan fingerprint density at radius 2 is 1.77 bits per heavy atom. The maximum absolute atomic E-state index is 10.1. The van der Waals surface area contributed by atoms with Gasteiger partial charge in [-0.15, -0.1) is 0 Å². The largest absolute Gasteiger partial charge is 0.494 e. The average Bonchev–Trinajstić information content (AvgIpc) is 2.73. The van der Waals surface area contributed by atoms with Gasteiger partial charge in [0.2, 0.25) is 0 Å². The van der Waals surface area contributed by atoms with Crippen LogP contribution in [0, 0.1) is 20.8 Å². The molecule has 112 valence electrons. The minimum Gasteiger partial charge on any atom is -0.494 e. The smallest absolute Gasteiger partial charge is 0.198 e. The first-order valence-corrected chi connectivity index (χ1v) is 7.87. The summed E-state index contributed by atoms with van der Waals surface area (Å²) in [6.45, 7) is 6.19. The summed E-state index contributed by atoms with van der Waals surface area (Å²) >= 11 is 3.46. The molecule has 0 amide bonds. The number of nitrogens with zero attached hydrogens (tertiary/aromatic N) is 1. The summed E-state index contributed by atoms with van der Waals surface area (Å²) in [7, 11) is 0. The van der Waals surface area contributed by atoms with E-state index in [0.717, 1.165) is 32.2 Å². The zero-order valence-corrected chi connectivity index (χ0v) is 14.3. The fourth-order valence-electron chi connectivity index (χ4n) is 2.81. The number of aliphatic imine (C=N–C) groups is 1. The number of aromatic amines is 1. The van der Waals surface area contributed by atoms with Gasteiger partial charge in [0, 0.05) is 21.6 Å². The van der Waals surface area contributed by atoms with Crippen molar-refractivity contribution in [3.63, 3.8) is 0 Å². The molecule has 3 nitrogen and oxygen atoms in total. The Hall–Kier alpha value is -2.07. The van der Waals surface area contributed by atoms with E-state index in [1.54, 1.807) is 6.21 Å². The van der Waals surface area contributed by atoms with Gasteiger partial charge in [0.1, 0.15) is 0 Å². The highest BCUT2D eigenvalue weighted by Crippen LogP contribution is 2.30. The molecule has 3 rings (SSSR count). The van der Waals surface area contributed by atoms with Crippen LogP contribution in [0.25, 0.3) is 10.9 Å². The van der Waals surface area contributed by atoms with Crippen LogP contribution >= 0.6 is 15.9 Å². The van der Waals surface area contributed by atoms with Crippen molar-refractivity contribution >= 4 is 38.7 Å². The Labute approximate surface area is 137 Å². The zero-order valence-electron chi connectivity index (χ0n) is 12.7. The van der Waals surface area contributed by atoms with Crippen molar-refractivity contribution in [1.29, 1.82) is 0 Å². The Bertz CT molecular complexity index is 870. The van der Waals surface area contributed by atoms with Crippen molar-refractivity contribution in [3.8, 4) is 5.88 Å². The molecule has 0 saturated carbocycles. The number of aryl methyl sites for hydroxylation is 3. The van der Waals surface area contributed by atoms with Crippen LogP contribution in [0.2, 0.25) is 0 Å². The average molecular weight is 357 g/mol. The maximum atomic E-state index is 10.1. The van der Waals surface area contributed by atoms with Crippen LogP contribution < -0.4 is 0 Å². The number of halogens is 1. The van der Waals surface area contributed by atoms with Crippen LogP contribution in [0.4, 0.5) is 5.69 Å². The first kappa shape index (κ1) is 14.9. The van der Waals surface area contributed by atoms with Gasteiger partial charge >= 0.3 is 0 Å². The van der Waals surface area contributed by atoms with E-state index in [0.29, 0.717) is 5.56 Å². The predicted molar refractivity (Wildman–Crippen MR) is 95.6 cm³/mol. The van der Waals surface area contributed by atoms with Gasteiger partial charge < -0.3 is 10.1 Å². The van der Waals surface area contributed by atoms with Crippen LogP contribution in [-0.4, -0.2) is 16.3 Å². The second-order valence-corrected chi connectivity index (χ2v) is 6.50.